The lowest BCUT2D eigenvalue weighted by atomic mass is 9.70. The van der Waals surface area contributed by atoms with Gasteiger partial charge in [0, 0.05) is 11.6 Å². The van der Waals surface area contributed by atoms with Gasteiger partial charge in [0.2, 0.25) is 0 Å². The summed E-state index contributed by atoms with van der Waals surface area (Å²) in [5.74, 6) is -0.00364. The molecular formula is C13H22N2O3. The Labute approximate surface area is 108 Å². The van der Waals surface area contributed by atoms with E-state index in [-0.39, 0.29) is 5.91 Å². The average Bonchev–Trinajstić information content (AvgIpc) is 2.38. The first-order chi connectivity index (χ1) is 8.77. The third-order valence-electron chi connectivity index (χ3n) is 4.40. The van der Waals surface area contributed by atoms with Crippen molar-refractivity contribution in [3.8, 4) is 0 Å². The SMILES string of the molecule is O=C(NC1CCNC2(CCC2)C1)C1COCCO1. The van der Waals surface area contributed by atoms with Crippen LogP contribution >= 0.6 is 0 Å². The number of hydrogen-bond donors (Lipinski definition) is 2. The van der Waals surface area contributed by atoms with Crippen LogP contribution in [-0.4, -0.2) is 50.0 Å². The number of carbonyl (C=O) groups excluding carboxylic acids is 1. The second-order valence-electron chi connectivity index (χ2n) is 5.69. The van der Waals surface area contributed by atoms with E-state index in [2.05, 4.69) is 10.6 Å². The van der Waals surface area contributed by atoms with E-state index in [1.165, 1.54) is 19.3 Å². The van der Waals surface area contributed by atoms with Crippen LogP contribution in [0.4, 0.5) is 0 Å². The van der Waals surface area contributed by atoms with Gasteiger partial charge in [0.1, 0.15) is 0 Å². The van der Waals surface area contributed by atoms with E-state index in [0.29, 0.717) is 31.4 Å². The molecule has 0 bridgehead atoms. The zero-order valence-electron chi connectivity index (χ0n) is 10.7. The molecule has 2 unspecified atom stereocenters. The van der Waals surface area contributed by atoms with Crippen LogP contribution in [-0.2, 0) is 14.3 Å². The summed E-state index contributed by atoms with van der Waals surface area (Å²) in [6, 6.07) is 0.296. The molecule has 102 valence electrons. The highest BCUT2D eigenvalue weighted by Crippen LogP contribution is 2.38. The summed E-state index contributed by atoms with van der Waals surface area (Å²) in [6.07, 6.45) is 5.48. The monoisotopic (exact) mass is 254 g/mol. The van der Waals surface area contributed by atoms with E-state index in [4.69, 9.17) is 9.47 Å². The first-order valence-corrected chi connectivity index (χ1v) is 7.02. The zero-order chi connectivity index (χ0) is 12.4. The van der Waals surface area contributed by atoms with Gasteiger partial charge >= 0.3 is 0 Å². The molecule has 2 heterocycles. The lowest BCUT2D eigenvalue weighted by Crippen LogP contribution is -2.60. The maximum atomic E-state index is 12.0. The van der Waals surface area contributed by atoms with Crippen molar-refractivity contribution in [3.63, 3.8) is 0 Å². The third-order valence-corrected chi connectivity index (χ3v) is 4.40. The molecule has 0 aromatic carbocycles. The molecule has 1 spiro atoms. The second kappa shape index (κ2) is 5.15. The number of carbonyl (C=O) groups is 1. The van der Waals surface area contributed by atoms with Crippen LogP contribution in [0, 0.1) is 0 Å². The van der Waals surface area contributed by atoms with E-state index < -0.39 is 6.10 Å². The van der Waals surface area contributed by atoms with Crippen molar-refractivity contribution in [2.24, 2.45) is 0 Å². The molecule has 1 amide bonds. The third kappa shape index (κ3) is 2.53. The minimum Gasteiger partial charge on any atom is -0.376 e. The van der Waals surface area contributed by atoms with Crippen LogP contribution in [0.3, 0.4) is 0 Å². The van der Waals surface area contributed by atoms with E-state index in [1.807, 2.05) is 0 Å². The van der Waals surface area contributed by atoms with Gasteiger partial charge in [-0.1, -0.05) is 0 Å². The van der Waals surface area contributed by atoms with Crippen molar-refractivity contribution in [1.29, 1.82) is 0 Å². The maximum absolute atomic E-state index is 12.0. The molecule has 18 heavy (non-hydrogen) atoms. The van der Waals surface area contributed by atoms with Gasteiger partial charge < -0.3 is 20.1 Å². The van der Waals surface area contributed by atoms with Crippen molar-refractivity contribution in [2.75, 3.05) is 26.4 Å². The highest BCUT2D eigenvalue weighted by molar-refractivity contribution is 5.81. The van der Waals surface area contributed by atoms with E-state index >= 15 is 0 Å². The van der Waals surface area contributed by atoms with E-state index in [9.17, 15) is 4.79 Å². The average molecular weight is 254 g/mol. The fourth-order valence-electron chi connectivity index (χ4n) is 3.20. The Bertz CT molecular complexity index is 311. The first-order valence-electron chi connectivity index (χ1n) is 7.02. The Balaban J connectivity index is 1.50. The van der Waals surface area contributed by atoms with Gasteiger partial charge in [0.05, 0.1) is 19.8 Å². The van der Waals surface area contributed by atoms with Crippen molar-refractivity contribution in [2.45, 2.75) is 49.8 Å². The van der Waals surface area contributed by atoms with Crippen LogP contribution < -0.4 is 10.6 Å². The minimum atomic E-state index is -0.411. The molecule has 0 aromatic heterocycles. The van der Waals surface area contributed by atoms with E-state index in [0.717, 1.165) is 19.4 Å². The number of amides is 1. The van der Waals surface area contributed by atoms with Crippen LogP contribution in [0.1, 0.15) is 32.1 Å². The molecule has 5 heteroatoms. The smallest absolute Gasteiger partial charge is 0.251 e. The predicted molar refractivity (Wildman–Crippen MR) is 66.3 cm³/mol. The van der Waals surface area contributed by atoms with E-state index in [1.54, 1.807) is 0 Å². The summed E-state index contributed by atoms with van der Waals surface area (Å²) in [6.45, 7) is 2.52. The van der Waals surface area contributed by atoms with Gasteiger partial charge in [-0.05, 0) is 38.6 Å². The Morgan fingerprint density at radius 3 is 2.89 bits per heavy atom. The first kappa shape index (κ1) is 12.4. The Morgan fingerprint density at radius 1 is 1.33 bits per heavy atom. The minimum absolute atomic E-state index is 0.00364. The lowest BCUT2D eigenvalue weighted by molar-refractivity contribution is -0.148. The molecular weight excluding hydrogens is 232 g/mol. The standard InChI is InChI=1S/C13H22N2O3/c16-12(11-9-17-6-7-18-11)15-10-2-5-14-13(8-10)3-1-4-13/h10-11,14H,1-9H2,(H,15,16). The number of nitrogens with one attached hydrogen (secondary N) is 2. The summed E-state index contributed by atoms with van der Waals surface area (Å²) < 4.78 is 10.7. The number of hydrogen-bond acceptors (Lipinski definition) is 4. The number of rotatable bonds is 2. The quantitative estimate of drug-likeness (QED) is 0.739. The highest BCUT2D eigenvalue weighted by Gasteiger charge is 2.41. The van der Waals surface area contributed by atoms with Crippen molar-refractivity contribution < 1.29 is 14.3 Å². The largest absolute Gasteiger partial charge is 0.376 e. The summed E-state index contributed by atoms with van der Waals surface area (Å²) in [4.78, 5) is 12.0. The van der Waals surface area contributed by atoms with Crippen molar-refractivity contribution >= 4 is 5.91 Å². The van der Waals surface area contributed by atoms with Crippen LogP contribution in [0.15, 0.2) is 0 Å². The van der Waals surface area contributed by atoms with Gasteiger partial charge in [0.25, 0.3) is 5.91 Å². The van der Waals surface area contributed by atoms with Crippen molar-refractivity contribution in [3.05, 3.63) is 0 Å². The Morgan fingerprint density at radius 2 is 2.22 bits per heavy atom. The molecule has 3 aliphatic rings. The fourth-order valence-corrected chi connectivity index (χ4v) is 3.20. The van der Waals surface area contributed by atoms with Gasteiger partial charge in [-0.15, -0.1) is 0 Å². The van der Waals surface area contributed by atoms with Crippen LogP contribution in [0.5, 0.6) is 0 Å². The molecule has 2 N–H and O–H groups in total. The van der Waals surface area contributed by atoms with Gasteiger partial charge in [-0.3, -0.25) is 4.79 Å². The number of ether oxygens (including phenoxy) is 2. The number of piperidine rings is 1. The molecule has 5 nitrogen and oxygen atoms in total. The lowest BCUT2D eigenvalue weighted by Gasteiger charge is -2.48. The van der Waals surface area contributed by atoms with Crippen LogP contribution in [0.25, 0.3) is 0 Å². The molecule has 3 rings (SSSR count). The van der Waals surface area contributed by atoms with Crippen LogP contribution in [0.2, 0.25) is 0 Å². The molecule has 2 saturated heterocycles. The summed E-state index contributed by atoms with van der Waals surface area (Å²) in [5.41, 5.74) is 0.320. The normalized spacial score (nSPS) is 34.9. The zero-order valence-corrected chi connectivity index (χ0v) is 10.7. The fraction of sp³-hybridized carbons (Fsp3) is 0.923. The molecule has 0 aromatic rings. The topological polar surface area (TPSA) is 59.6 Å². The summed E-state index contributed by atoms with van der Waals surface area (Å²) in [5, 5.41) is 6.74. The van der Waals surface area contributed by atoms with Gasteiger partial charge in [-0.2, -0.15) is 0 Å². The highest BCUT2D eigenvalue weighted by atomic mass is 16.6. The van der Waals surface area contributed by atoms with Gasteiger partial charge in [0.15, 0.2) is 6.10 Å². The molecule has 1 aliphatic carbocycles. The predicted octanol–water partition coefficient (Wildman–Crippen LogP) is 0.193. The summed E-state index contributed by atoms with van der Waals surface area (Å²) in [7, 11) is 0. The molecule has 2 atom stereocenters. The molecule has 1 saturated carbocycles. The molecule has 0 radical (unpaired) electrons. The molecule has 3 fully saturated rings. The van der Waals surface area contributed by atoms with Crippen molar-refractivity contribution in [1.82, 2.24) is 10.6 Å². The van der Waals surface area contributed by atoms with Gasteiger partial charge in [-0.25, -0.2) is 0 Å². The second-order valence-corrected chi connectivity index (χ2v) is 5.69. The Hall–Kier alpha value is -0.650. The molecule has 2 aliphatic heterocycles. The maximum Gasteiger partial charge on any atom is 0.251 e. The Kier molecular flexibility index (Phi) is 3.54. The summed E-state index contributed by atoms with van der Waals surface area (Å²) >= 11 is 0.